The number of halogens is 2. The summed E-state index contributed by atoms with van der Waals surface area (Å²) in [6, 6.07) is 4.77. The van der Waals surface area contributed by atoms with Gasteiger partial charge >= 0.3 is 5.69 Å². The van der Waals surface area contributed by atoms with E-state index in [9.17, 15) is 10.1 Å². The summed E-state index contributed by atoms with van der Waals surface area (Å²) in [7, 11) is 3.32. The zero-order valence-corrected chi connectivity index (χ0v) is 12.7. The first-order valence-corrected chi connectivity index (χ1v) is 6.54. The van der Waals surface area contributed by atoms with Crippen molar-refractivity contribution in [3.05, 3.63) is 44.7 Å². The van der Waals surface area contributed by atoms with E-state index in [1.165, 1.54) is 17.3 Å². The van der Waals surface area contributed by atoms with Gasteiger partial charge < -0.3 is 10.2 Å². The maximum atomic E-state index is 11.3. The largest absolute Gasteiger partial charge is 0.357 e. The standard InChI is InChI=1S/C12H11Cl2N5O2/c1-18(2)12-10(19(20)21)11(15-6-16-12)17-9-4-3-7(13)5-8(9)14/h3-6H,1-2H3,(H,15,16,17). The highest BCUT2D eigenvalue weighted by molar-refractivity contribution is 6.36. The number of hydrogen-bond donors (Lipinski definition) is 1. The van der Waals surface area contributed by atoms with Crippen molar-refractivity contribution in [2.24, 2.45) is 0 Å². The van der Waals surface area contributed by atoms with Crippen molar-refractivity contribution in [2.45, 2.75) is 0 Å². The van der Waals surface area contributed by atoms with E-state index in [2.05, 4.69) is 15.3 Å². The molecule has 0 fully saturated rings. The number of anilines is 3. The third-order valence-electron chi connectivity index (χ3n) is 2.59. The van der Waals surface area contributed by atoms with E-state index in [-0.39, 0.29) is 17.3 Å². The number of benzene rings is 1. The fourth-order valence-electron chi connectivity index (χ4n) is 1.67. The molecule has 0 bridgehead atoms. The van der Waals surface area contributed by atoms with Gasteiger partial charge in [0.25, 0.3) is 0 Å². The van der Waals surface area contributed by atoms with Crippen molar-refractivity contribution in [3.63, 3.8) is 0 Å². The predicted molar refractivity (Wildman–Crippen MR) is 82.8 cm³/mol. The molecular formula is C12H11Cl2N5O2. The molecule has 1 aromatic heterocycles. The van der Waals surface area contributed by atoms with Crippen molar-refractivity contribution in [1.82, 2.24) is 9.97 Å². The van der Waals surface area contributed by atoms with E-state index < -0.39 is 4.92 Å². The van der Waals surface area contributed by atoms with E-state index >= 15 is 0 Å². The second-order valence-corrected chi connectivity index (χ2v) is 5.14. The molecule has 1 aromatic carbocycles. The van der Waals surface area contributed by atoms with Gasteiger partial charge in [0.05, 0.1) is 15.6 Å². The lowest BCUT2D eigenvalue weighted by Crippen LogP contribution is -2.14. The summed E-state index contributed by atoms with van der Waals surface area (Å²) in [4.78, 5) is 20.1. The van der Waals surface area contributed by atoms with Gasteiger partial charge in [0.15, 0.2) is 0 Å². The van der Waals surface area contributed by atoms with Crippen molar-refractivity contribution in [1.29, 1.82) is 0 Å². The van der Waals surface area contributed by atoms with E-state index in [0.29, 0.717) is 15.7 Å². The van der Waals surface area contributed by atoms with Crippen LogP contribution in [0.1, 0.15) is 0 Å². The third kappa shape index (κ3) is 3.32. The number of nitro groups is 1. The molecule has 0 unspecified atom stereocenters. The van der Waals surface area contributed by atoms with Crippen LogP contribution in [-0.2, 0) is 0 Å². The predicted octanol–water partition coefficient (Wildman–Crippen LogP) is 3.50. The fraction of sp³-hybridized carbons (Fsp3) is 0.167. The number of rotatable bonds is 4. The van der Waals surface area contributed by atoms with Crippen LogP contribution in [0.3, 0.4) is 0 Å². The monoisotopic (exact) mass is 327 g/mol. The molecule has 1 heterocycles. The zero-order valence-electron chi connectivity index (χ0n) is 11.2. The Hall–Kier alpha value is -2.12. The first-order valence-electron chi connectivity index (χ1n) is 5.79. The number of hydrogen-bond acceptors (Lipinski definition) is 6. The highest BCUT2D eigenvalue weighted by Gasteiger charge is 2.24. The second-order valence-electron chi connectivity index (χ2n) is 4.30. The van der Waals surface area contributed by atoms with Crippen LogP contribution >= 0.6 is 23.2 Å². The van der Waals surface area contributed by atoms with Crippen LogP contribution < -0.4 is 10.2 Å². The third-order valence-corrected chi connectivity index (χ3v) is 3.14. The van der Waals surface area contributed by atoms with Gasteiger partial charge in [-0.1, -0.05) is 23.2 Å². The molecule has 9 heteroatoms. The van der Waals surface area contributed by atoms with Crippen molar-refractivity contribution < 1.29 is 4.92 Å². The van der Waals surface area contributed by atoms with Gasteiger partial charge in [-0.15, -0.1) is 0 Å². The van der Waals surface area contributed by atoms with Gasteiger partial charge in [0.1, 0.15) is 6.33 Å². The summed E-state index contributed by atoms with van der Waals surface area (Å²) in [5.41, 5.74) is 0.237. The molecule has 2 aromatic rings. The molecular weight excluding hydrogens is 317 g/mol. The molecule has 110 valence electrons. The SMILES string of the molecule is CN(C)c1ncnc(Nc2ccc(Cl)cc2Cl)c1[N+](=O)[O-]. The Bertz CT molecular complexity index is 693. The van der Waals surface area contributed by atoms with Gasteiger partial charge in [0, 0.05) is 19.1 Å². The van der Waals surface area contributed by atoms with Crippen LogP contribution in [0.2, 0.25) is 10.0 Å². The van der Waals surface area contributed by atoms with Crippen LogP contribution in [0.5, 0.6) is 0 Å². The molecule has 0 aliphatic heterocycles. The smallest absolute Gasteiger partial charge is 0.353 e. The summed E-state index contributed by atoms with van der Waals surface area (Å²) >= 11 is 11.9. The molecule has 0 atom stereocenters. The number of nitrogens with one attached hydrogen (secondary N) is 1. The fourth-order valence-corrected chi connectivity index (χ4v) is 2.13. The minimum atomic E-state index is -0.540. The summed E-state index contributed by atoms with van der Waals surface area (Å²) < 4.78 is 0. The van der Waals surface area contributed by atoms with Crippen LogP contribution in [0.25, 0.3) is 0 Å². The Balaban J connectivity index is 2.49. The molecule has 0 amide bonds. The second kappa shape index (κ2) is 6.11. The first-order chi connectivity index (χ1) is 9.90. The van der Waals surface area contributed by atoms with Gasteiger partial charge in [0.2, 0.25) is 11.6 Å². The van der Waals surface area contributed by atoms with Gasteiger partial charge in [-0.05, 0) is 18.2 Å². The van der Waals surface area contributed by atoms with Crippen LogP contribution in [0.4, 0.5) is 23.0 Å². The molecule has 0 spiro atoms. The summed E-state index contributed by atoms with van der Waals surface area (Å²) in [5, 5.41) is 14.9. The van der Waals surface area contributed by atoms with Gasteiger partial charge in [-0.2, -0.15) is 0 Å². The highest BCUT2D eigenvalue weighted by Crippen LogP contribution is 2.34. The normalized spacial score (nSPS) is 10.3. The van der Waals surface area contributed by atoms with E-state index in [0.717, 1.165) is 0 Å². The van der Waals surface area contributed by atoms with Crippen molar-refractivity contribution >= 4 is 46.2 Å². The maximum absolute atomic E-state index is 11.3. The summed E-state index contributed by atoms with van der Waals surface area (Å²) in [6.45, 7) is 0. The molecule has 0 saturated heterocycles. The molecule has 21 heavy (non-hydrogen) atoms. The lowest BCUT2D eigenvalue weighted by atomic mass is 10.3. The average molecular weight is 328 g/mol. The Labute approximate surface area is 130 Å². The topological polar surface area (TPSA) is 84.2 Å². The summed E-state index contributed by atoms with van der Waals surface area (Å²) in [5.74, 6) is 0.255. The quantitative estimate of drug-likeness (QED) is 0.683. The molecule has 0 aliphatic rings. The molecule has 0 saturated carbocycles. The minimum absolute atomic E-state index is 0.0583. The van der Waals surface area contributed by atoms with E-state index in [4.69, 9.17) is 23.2 Å². The van der Waals surface area contributed by atoms with Crippen LogP contribution in [0.15, 0.2) is 24.5 Å². The Morgan fingerprint density at radius 2 is 2.00 bits per heavy atom. The summed E-state index contributed by atoms with van der Waals surface area (Å²) in [6.07, 6.45) is 1.24. The Kier molecular flexibility index (Phi) is 4.44. The lowest BCUT2D eigenvalue weighted by Gasteiger charge is -2.14. The molecule has 0 aliphatic carbocycles. The lowest BCUT2D eigenvalue weighted by molar-refractivity contribution is -0.383. The van der Waals surface area contributed by atoms with Crippen LogP contribution in [-0.4, -0.2) is 29.0 Å². The number of aromatic nitrogens is 2. The minimum Gasteiger partial charge on any atom is -0.357 e. The zero-order chi connectivity index (χ0) is 15.6. The molecule has 0 radical (unpaired) electrons. The highest BCUT2D eigenvalue weighted by atomic mass is 35.5. The van der Waals surface area contributed by atoms with Crippen molar-refractivity contribution in [2.75, 3.05) is 24.3 Å². The Morgan fingerprint density at radius 1 is 1.29 bits per heavy atom. The molecule has 2 rings (SSSR count). The van der Waals surface area contributed by atoms with Gasteiger partial charge in [-0.25, -0.2) is 9.97 Å². The molecule has 7 nitrogen and oxygen atoms in total. The van der Waals surface area contributed by atoms with Gasteiger partial charge in [-0.3, -0.25) is 10.1 Å². The van der Waals surface area contributed by atoms with Crippen molar-refractivity contribution in [3.8, 4) is 0 Å². The molecule has 1 N–H and O–H groups in total. The van der Waals surface area contributed by atoms with Crippen LogP contribution in [0, 0.1) is 10.1 Å². The van der Waals surface area contributed by atoms with E-state index in [1.807, 2.05) is 0 Å². The average Bonchev–Trinajstić information content (AvgIpc) is 2.41. The van der Waals surface area contributed by atoms with E-state index in [1.54, 1.807) is 26.2 Å². The maximum Gasteiger partial charge on any atom is 0.353 e. The number of nitrogens with zero attached hydrogens (tertiary/aromatic N) is 4. The Morgan fingerprint density at radius 3 is 2.57 bits per heavy atom. The first kappa shape index (κ1) is 15.3.